The van der Waals surface area contributed by atoms with Crippen LogP contribution < -0.4 is 9.64 Å². The predicted molar refractivity (Wildman–Crippen MR) is 148 cm³/mol. The molecule has 1 atom stereocenters. The Hall–Kier alpha value is -3.88. The van der Waals surface area contributed by atoms with Crippen molar-refractivity contribution in [1.82, 2.24) is 24.6 Å². The molecule has 2 fully saturated rings. The molecule has 1 aliphatic carbocycles. The quantitative estimate of drug-likeness (QED) is 0.365. The molecule has 0 unspecified atom stereocenters. The average molecular weight is 527 g/mol. The summed E-state index contributed by atoms with van der Waals surface area (Å²) in [6.07, 6.45) is 6.96. The minimum atomic E-state index is -0.0980. The maximum Gasteiger partial charge on any atom is 0.225 e. The van der Waals surface area contributed by atoms with Gasteiger partial charge in [-0.3, -0.25) is 14.3 Å². The molecule has 4 aromatic rings. The van der Waals surface area contributed by atoms with Crippen LogP contribution in [0.4, 0.5) is 5.95 Å². The third-order valence-electron chi connectivity index (χ3n) is 8.91. The van der Waals surface area contributed by atoms with Gasteiger partial charge in [0.25, 0.3) is 0 Å². The molecule has 0 bridgehead atoms. The summed E-state index contributed by atoms with van der Waals surface area (Å²) in [5.41, 5.74) is 5.61. The predicted octanol–water partition coefficient (Wildman–Crippen LogP) is 4.91. The third kappa shape index (κ3) is 3.89. The van der Waals surface area contributed by atoms with Crippen molar-refractivity contribution in [3.05, 3.63) is 53.7 Å². The number of carbonyl (C=O) groups excluding carboxylic acids is 1. The number of carbonyl (C=O) groups is 1. The topological polar surface area (TPSA) is 89.5 Å². The molecular weight excluding hydrogens is 492 g/mol. The van der Waals surface area contributed by atoms with E-state index in [1.165, 1.54) is 6.42 Å². The largest absolute Gasteiger partial charge is 0.488 e. The van der Waals surface area contributed by atoms with E-state index >= 15 is 0 Å². The van der Waals surface area contributed by atoms with Gasteiger partial charge >= 0.3 is 0 Å². The molecule has 0 radical (unpaired) electrons. The van der Waals surface area contributed by atoms with Crippen LogP contribution in [0, 0.1) is 19.8 Å². The molecule has 3 aromatic heterocycles. The molecule has 0 spiro atoms. The number of piperidine rings is 1. The zero-order chi connectivity index (χ0) is 26.7. The van der Waals surface area contributed by atoms with E-state index < -0.39 is 0 Å². The van der Waals surface area contributed by atoms with Crippen molar-refractivity contribution >= 4 is 22.9 Å². The van der Waals surface area contributed by atoms with Gasteiger partial charge in [-0.2, -0.15) is 0 Å². The second-order valence-corrected chi connectivity index (χ2v) is 11.2. The van der Waals surface area contributed by atoms with Crippen molar-refractivity contribution in [2.45, 2.75) is 58.0 Å². The molecule has 202 valence electrons. The fraction of sp³-hybridized carbons (Fsp3) is 0.467. The van der Waals surface area contributed by atoms with Gasteiger partial charge in [0.2, 0.25) is 11.9 Å². The lowest BCUT2D eigenvalue weighted by atomic mass is 9.84. The molecule has 9 heteroatoms. The summed E-state index contributed by atoms with van der Waals surface area (Å²) in [5.74, 6) is 3.08. The van der Waals surface area contributed by atoms with Gasteiger partial charge in [-0.05, 0) is 63.8 Å². The Morgan fingerprint density at radius 1 is 1.08 bits per heavy atom. The Bertz CT molecular complexity index is 1510. The number of hydrogen-bond acceptors (Lipinski definition) is 7. The summed E-state index contributed by atoms with van der Waals surface area (Å²) in [6, 6.07) is 10.3. The second-order valence-electron chi connectivity index (χ2n) is 11.2. The maximum atomic E-state index is 12.9. The highest BCUT2D eigenvalue weighted by Gasteiger charge is 2.36. The molecule has 1 saturated heterocycles. The van der Waals surface area contributed by atoms with E-state index in [1.807, 2.05) is 44.1 Å². The van der Waals surface area contributed by atoms with Crippen LogP contribution in [-0.4, -0.2) is 63.3 Å². The highest BCUT2D eigenvalue weighted by molar-refractivity contribution is 5.94. The Morgan fingerprint density at radius 3 is 2.56 bits per heavy atom. The van der Waals surface area contributed by atoms with Crippen LogP contribution in [0.1, 0.15) is 55.3 Å². The van der Waals surface area contributed by atoms with E-state index in [0.717, 1.165) is 89.8 Å². The smallest absolute Gasteiger partial charge is 0.225 e. The Morgan fingerprint density at radius 2 is 1.90 bits per heavy atom. The minimum Gasteiger partial charge on any atom is -0.488 e. The molecule has 5 heterocycles. The van der Waals surface area contributed by atoms with E-state index in [-0.39, 0.29) is 18.0 Å². The molecule has 3 aliphatic rings. The first kappa shape index (κ1) is 24.2. The van der Waals surface area contributed by atoms with Gasteiger partial charge in [-0.15, -0.1) is 0 Å². The Labute approximate surface area is 227 Å². The molecule has 9 nitrogen and oxygen atoms in total. The van der Waals surface area contributed by atoms with Crippen molar-refractivity contribution in [3.8, 4) is 16.9 Å². The summed E-state index contributed by atoms with van der Waals surface area (Å²) in [4.78, 5) is 27.1. The van der Waals surface area contributed by atoms with Gasteiger partial charge in [0.05, 0.1) is 22.5 Å². The first-order chi connectivity index (χ1) is 19.0. The molecule has 7 rings (SSSR count). The first-order valence-corrected chi connectivity index (χ1v) is 14.0. The van der Waals surface area contributed by atoms with E-state index in [0.29, 0.717) is 12.5 Å². The number of pyridine rings is 1. The lowest BCUT2D eigenvalue weighted by molar-refractivity contribution is -0.139. The van der Waals surface area contributed by atoms with Crippen LogP contribution >= 0.6 is 0 Å². The number of hydrogen-bond donors (Lipinski definition) is 0. The monoisotopic (exact) mass is 526 g/mol. The van der Waals surface area contributed by atoms with Crippen molar-refractivity contribution < 1.29 is 14.1 Å². The van der Waals surface area contributed by atoms with Gasteiger partial charge < -0.3 is 19.1 Å². The van der Waals surface area contributed by atoms with E-state index in [9.17, 15) is 4.79 Å². The number of imidazole rings is 1. The molecule has 0 N–H and O–H groups in total. The molecule has 2 aliphatic heterocycles. The number of aryl methyl sites for hydroxylation is 2. The molecule has 39 heavy (non-hydrogen) atoms. The van der Waals surface area contributed by atoms with Crippen molar-refractivity contribution in [3.63, 3.8) is 0 Å². The molecule has 1 saturated carbocycles. The Kier molecular flexibility index (Phi) is 5.82. The standard InChI is InChI=1S/C30H34N6O3/c1-18-26(19(2)39-33-18)22-10-11-24-27-28(22)38-17-25(23-9-4-5-14-31-23)36(27)30(32-24)35-15-12-21(13-16-35)34(3)29(37)20-7-6-8-20/h4-5,9-11,14,20-21,25H,6-8,12-13,15-17H2,1-3H3/t25-/m1/s1. The Balaban J connectivity index is 1.28. The zero-order valence-electron chi connectivity index (χ0n) is 22.8. The lowest BCUT2D eigenvalue weighted by Gasteiger charge is -2.40. The van der Waals surface area contributed by atoms with Crippen LogP contribution in [-0.2, 0) is 4.79 Å². The van der Waals surface area contributed by atoms with Crippen LogP contribution in [0.15, 0.2) is 41.1 Å². The number of nitrogens with zero attached hydrogens (tertiary/aromatic N) is 6. The SMILES string of the molecule is Cc1noc(C)c1-c1ccc2nc(N3CCC(N(C)C(=O)C4CCC4)CC3)n3c2c1OC[C@@H]3c1ccccn1. The fourth-order valence-corrected chi connectivity index (χ4v) is 6.48. The van der Waals surface area contributed by atoms with Gasteiger partial charge in [0.15, 0.2) is 5.75 Å². The molecule has 1 aromatic carbocycles. The normalized spacial score (nSPS) is 19.7. The summed E-state index contributed by atoms with van der Waals surface area (Å²) in [5, 5.41) is 4.18. The van der Waals surface area contributed by atoms with E-state index in [1.54, 1.807) is 0 Å². The van der Waals surface area contributed by atoms with Gasteiger partial charge in [0, 0.05) is 43.9 Å². The number of rotatable bonds is 5. The highest BCUT2D eigenvalue weighted by Crippen LogP contribution is 2.46. The van der Waals surface area contributed by atoms with Crippen LogP contribution in [0.5, 0.6) is 5.75 Å². The van der Waals surface area contributed by atoms with Crippen molar-refractivity contribution in [1.29, 1.82) is 0 Å². The first-order valence-electron chi connectivity index (χ1n) is 14.0. The summed E-state index contributed by atoms with van der Waals surface area (Å²) in [6.45, 7) is 6.04. The molecule has 1 amide bonds. The fourth-order valence-electron chi connectivity index (χ4n) is 6.48. The second kappa shape index (κ2) is 9.39. The van der Waals surface area contributed by atoms with Gasteiger partial charge in [-0.1, -0.05) is 17.6 Å². The highest BCUT2D eigenvalue weighted by atomic mass is 16.5. The number of anilines is 1. The number of aromatic nitrogens is 4. The number of benzene rings is 1. The van der Waals surface area contributed by atoms with Crippen molar-refractivity contribution in [2.24, 2.45) is 5.92 Å². The zero-order valence-corrected chi connectivity index (χ0v) is 22.8. The lowest BCUT2D eigenvalue weighted by Crippen LogP contribution is -2.48. The van der Waals surface area contributed by atoms with Gasteiger partial charge in [-0.25, -0.2) is 4.98 Å². The van der Waals surface area contributed by atoms with E-state index in [2.05, 4.69) is 32.8 Å². The number of amides is 1. The molecular formula is C30H34N6O3. The summed E-state index contributed by atoms with van der Waals surface area (Å²) in [7, 11) is 1.99. The van der Waals surface area contributed by atoms with Crippen LogP contribution in [0.2, 0.25) is 0 Å². The van der Waals surface area contributed by atoms with Crippen LogP contribution in [0.25, 0.3) is 22.2 Å². The number of ether oxygens (including phenoxy) is 1. The summed E-state index contributed by atoms with van der Waals surface area (Å²) >= 11 is 0. The maximum absolute atomic E-state index is 12.9. The van der Waals surface area contributed by atoms with Crippen molar-refractivity contribution in [2.75, 3.05) is 31.6 Å². The van der Waals surface area contributed by atoms with Gasteiger partial charge in [0.1, 0.15) is 23.9 Å². The minimum absolute atomic E-state index is 0.0980. The van der Waals surface area contributed by atoms with Crippen LogP contribution in [0.3, 0.4) is 0 Å². The third-order valence-corrected chi connectivity index (χ3v) is 8.91. The van der Waals surface area contributed by atoms with E-state index in [4.69, 9.17) is 19.2 Å². The average Bonchev–Trinajstić information content (AvgIpc) is 3.49. The summed E-state index contributed by atoms with van der Waals surface area (Å²) < 4.78 is 14.3.